The van der Waals surface area contributed by atoms with Crippen LogP contribution < -0.4 is 5.32 Å². The molecule has 0 saturated heterocycles. The molecule has 0 heterocycles. The highest BCUT2D eigenvalue weighted by Crippen LogP contribution is 2.21. The van der Waals surface area contributed by atoms with E-state index in [0.29, 0.717) is 6.42 Å². The zero-order valence-electron chi connectivity index (χ0n) is 11.8. The van der Waals surface area contributed by atoms with Gasteiger partial charge in [-0.15, -0.1) is 0 Å². The van der Waals surface area contributed by atoms with Crippen LogP contribution in [0.5, 0.6) is 0 Å². The van der Waals surface area contributed by atoms with E-state index < -0.39 is 12.1 Å². The summed E-state index contributed by atoms with van der Waals surface area (Å²) in [6.45, 7) is 6.00. The predicted molar refractivity (Wildman–Crippen MR) is 74.9 cm³/mol. The topological polar surface area (TPSA) is 69.6 Å². The summed E-state index contributed by atoms with van der Waals surface area (Å²) >= 11 is 0. The summed E-state index contributed by atoms with van der Waals surface area (Å²) in [5, 5.41) is 22.5. The Balaban J connectivity index is 2.80. The van der Waals surface area contributed by atoms with Crippen molar-refractivity contribution in [1.29, 1.82) is 0 Å². The lowest BCUT2D eigenvalue weighted by atomic mass is 9.95. The monoisotopic (exact) mass is 265 g/mol. The van der Waals surface area contributed by atoms with Crippen molar-refractivity contribution in [3.05, 3.63) is 35.9 Å². The molecular formula is C15H23NO3. The number of hydrogen-bond donors (Lipinski definition) is 3. The molecule has 1 rings (SSSR count). The van der Waals surface area contributed by atoms with Crippen molar-refractivity contribution in [3.8, 4) is 0 Å². The number of benzene rings is 1. The van der Waals surface area contributed by atoms with Gasteiger partial charge in [-0.05, 0) is 32.8 Å². The summed E-state index contributed by atoms with van der Waals surface area (Å²) in [5.74, 6) is -0.846. The van der Waals surface area contributed by atoms with Gasteiger partial charge in [-0.2, -0.15) is 0 Å². The smallest absolute Gasteiger partial charge is 0.303 e. The van der Waals surface area contributed by atoms with Crippen LogP contribution in [0.3, 0.4) is 0 Å². The van der Waals surface area contributed by atoms with Crippen LogP contribution in [0.2, 0.25) is 0 Å². The van der Waals surface area contributed by atoms with Crippen LogP contribution in [-0.2, 0) is 4.79 Å². The summed E-state index contributed by atoms with van der Waals surface area (Å²) in [6, 6.07) is 9.04. The van der Waals surface area contributed by atoms with Gasteiger partial charge in [-0.3, -0.25) is 4.79 Å². The Labute approximate surface area is 114 Å². The first-order chi connectivity index (χ1) is 8.79. The molecule has 0 spiro atoms. The Morgan fingerprint density at radius 2 is 1.84 bits per heavy atom. The second-order valence-electron chi connectivity index (χ2n) is 5.79. The first-order valence-corrected chi connectivity index (χ1v) is 6.52. The molecule has 0 aliphatic carbocycles. The molecule has 0 saturated carbocycles. The van der Waals surface area contributed by atoms with Gasteiger partial charge in [0.15, 0.2) is 0 Å². The van der Waals surface area contributed by atoms with Gasteiger partial charge < -0.3 is 15.5 Å². The SMILES string of the molecule is CC(C)(C)NC(CCC(=O)O)C(O)c1ccccc1. The minimum absolute atomic E-state index is 0.0393. The third-order valence-electron chi connectivity index (χ3n) is 2.81. The molecule has 4 heteroatoms. The first kappa shape index (κ1) is 15.7. The van der Waals surface area contributed by atoms with E-state index >= 15 is 0 Å². The Bertz CT molecular complexity index is 398. The Morgan fingerprint density at radius 1 is 1.26 bits per heavy atom. The molecule has 3 N–H and O–H groups in total. The fourth-order valence-corrected chi connectivity index (χ4v) is 2.03. The Hall–Kier alpha value is -1.39. The molecule has 4 nitrogen and oxygen atoms in total. The molecule has 0 radical (unpaired) electrons. The molecule has 106 valence electrons. The van der Waals surface area contributed by atoms with E-state index in [1.54, 1.807) is 0 Å². The second kappa shape index (κ2) is 6.68. The van der Waals surface area contributed by atoms with E-state index in [1.807, 2.05) is 51.1 Å². The number of aliphatic carboxylic acids is 1. The van der Waals surface area contributed by atoms with Crippen molar-refractivity contribution in [2.24, 2.45) is 0 Å². The van der Waals surface area contributed by atoms with Crippen LogP contribution in [0.4, 0.5) is 0 Å². The summed E-state index contributed by atoms with van der Waals surface area (Å²) < 4.78 is 0. The number of aliphatic hydroxyl groups excluding tert-OH is 1. The lowest BCUT2D eigenvalue weighted by Crippen LogP contribution is -2.46. The zero-order chi connectivity index (χ0) is 14.5. The molecule has 2 atom stereocenters. The lowest BCUT2D eigenvalue weighted by molar-refractivity contribution is -0.137. The van der Waals surface area contributed by atoms with Crippen LogP contribution >= 0.6 is 0 Å². The van der Waals surface area contributed by atoms with Gasteiger partial charge in [0.25, 0.3) is 0 Å². The van der Waals surface area contributed by atoms with Crippen LogP contribution in [0, 0.1) is 0 Å². The number of carboxylic acid groups (broad SMARTS) is 1. The van der Waals surface area contributed by atoms with E-state index in [2.05, 4.69) is 5.32 Å². The first-order valence-electron chi connectivity index (χ1n) is 6.52. The number of carbonyl (C=O) groups is 1. The van der Waals surface area contributed by atoms with Gasteiger partial charge >= 0.3 is 5.97 Å². The molecular weight excluding hydrogens is 242 g/mol. The lowest BCUT2D eigenvalue weighted by Gasteiger charge is -2.31. The van der Waals surface area contributed by atoms with Gasteiger partial charge in [0.2, 0.25) is 0 Å². The molecule has 0 amide bonds. The predicted octanol–water partition coefficient (Wildman–Crippen LogP) is 2.34. The standard InChI is InChI=1S/C15H23NO3/c1-15(2,3)16-12(9-10-13(17)18)14(19)11-7-5-4-6-8-11/h4-8,12,14,16,19H,9-10H2,1-3H3,(H,17,18). The number of nitrogens with one attached hydrogen (secondary N) is 1. The highest BCUT2D eigenvalue weighted by molar-refractivity contribution is 5.66. The molecule has 0 fully saturated rings. The van der Waals surface area contributed by atoms with E-state index in [4.69, 9.17) is 5.11 Å². The second-order valence-corrected chi connectivity index (χ2v) is 5.79. The van der Waals surface area contributed by atoms with E-state index in [-0.39, 0.29) is 18.0 Å². The molecule has 0 bridgehead atoms. The van der Waals surface area contributed by atoms with Gasteiger partial charge in [-0.25, -0.2) is 0 Å². The summed E-state index contributed by atoms with van der Waals surface area (Å²) in [6.07, 6.45) is -0.278. The van der Waals surface area contributed by atoms with Crippen LogP contribution in [0.15, 0.2) is 30.3 Å². The van der Waals surface area contributed by atoms with Gasteiger partial charge in [0.05, 0.1) is 6.10 Å². The number of aliphatic hydroxyl groups is 1. The number of carboxylic acids is 1. The fourth-order valence-electron chi connectivity index (χ4n) is 2.03. The van der Waals surface area contributed by atoms with E-state index in [1.165, 1.54) is 0 Å². The summed E-state index contributed by atoms with van der Waals surface area (Å²) in [5.41, 5.74) is 0.619. The molecule has 0 aliphatic rings. The minimum atomic E-state index is -0.846. The van der Waals surface area contributed by atoms with E-state index in [9.17, 15) is 9.90 Å². The zero-order valence-corrected chi connectivity index (χ0v) is 11.8. The minimum Gasteiger partial charge on any atom is -0.481 e. The molecule has 19 heavy (non-hydrogen) atoms. The molecule has 0 aromatic heterocycles. The molecule has 1 aromatic carbocycles. The van der Waals surface area contributed by atoms with Gasteiger partial charge in [0, 0.05) is 18.0 Å². The average Bonchev–Trinajstić information content (AvgIpc) is 2.33. The highest BCUT2D eigenvalue weighted by Gasteiger charge is 2.25. The maximum absolute atomic E-state index is 10.7. The Kier molecular flexibility index (Phi) is 5.51. The van der Waals surface area contributed by atoms with Gasteiger partial charge in [-0.1, -0.05) is 30.3 Å². The number of rotatable bonds is 6. The third kappa shape index (κ3) is 5.85. The largest absolute Gasteiger partial charge is 0.481 e. The van der Waals surface area contributed by atoms with Crippen molar-refractivity contribution in [3.63, 3.8) is 0 Å². The third-order valence-corrected chi connectivity index (χ3v) is 2.81. The summed E-state index contributed by atoms with van der Waals surface area (Å²) in [7, 11) is 0. The van der Waals surface area contributed by atoms with Crippen molar-refractivity contribution < 1.29 is 15.0 Å². The molecule has 1 aromatic rings. The van der Waals surface area contributed by atoms with Crippen molar-refractivity contribution in [2.45, 2.75) is 51.3 Å². The molecule has 0 aliphatic heterocycles. The quantitative estimate of drug-likeness (QED) is 0.738. The average molecular weight is 265 g/mol. The molecule has 2 unspecified atom stereocenters. The maximum atomic E-state index is 10.7. The van der Waals surface area contributed by atoms with E-state index in [0.717, 1.165) is 5.56 Å². The van der Waals surface area contributed by atoms with Crippen molar-refractivity contribution >= 4 is 5.97 Å². The van der Waals surface area contributed by atoms with Crippen LogP contribution in [-0.4, -0.2) is 27.8 Å². The summed E-state index contributed by atoms with van der Waals surface area (Å²) in [4.78, 5) is 10.7. The maximum Gasteiger partial charge on any atom is 0.303 e. The fraction of sp³-hybridized carbons (Fsp3) is 0.533. The highest BCUT2D eigenvalue weighted by atomic mass is 16.4. The van der Waals surface area contributed by atoms with Crippen LogP contribution in [0.25, 0.3) is 0 Å². The van der Waals surface area contributed by atoms with Crippen molar-refractivity contribution in [1.82, 2.24) is 5.32 Å². The normalized spacial score (nSPS) is 14.9. The van der Waals surface area contributed by atoms with Gasteiger partial charge in [0.1, 0.15) is 0 Å². The Morgan fingerprint density at radius 3 is 2.32 bits per heavy atom. The van der Waals surface area contributed by atoms with Crippen LogP contribution in [0.1, 0.15) is 45.3 Å². The number of hydrogen-bond acceptors (Lipinski definition) is 3. The van der Waals surface area contributed by atoms with Crippen molar-refractivity contribution in [2.75, 3.05) is 0 Å².